The molecule has 10 heteroatoms. The van der Waals surface area contributed by atoms with Gasteiger partial charge >= 0.3 is 5.97 Å². The van der Waals surface area contributed by atoms with Gasteiger partial charge in [-0.15, -0.1) is 0 Å². The largest absolute Gasteiger partial charge is 0.477 e. The summed E-state index contributed by atoms with van der Waals surface area (Å²) in [6.07, 6.45) is 1.80. The number of pyridine rings is 1. The maximum Gasteiger partial charge on any atom is 0.341 e. The monoisotopic (exact) mass is 409 g/mol. The number of amides is 1. The lowest BCUT2D eigenvalue weighted by atomic mass is 10.1. The third-order valence-corrected chi connectivity index (χ3v) is 4.95. The SMILES string of the molecule is CCn1cc(C(=O)O)c(=O)c2cc(F)c(N3CCOC(CCNC=O)C3)c(F)c21. The maximum absolute atomic E-state index is 15.4. The van der Waals surface area contributed by atoms with E-state index in [4.69, 9.17) is 4.74 Å². The summed E-state index contributed by atoms with van der Waals surface area (Å²) < 4.78 is 37.2. The highest BCUT2D eigenvalue weighted by molar-refractivity contribution is 5.93. The molecule has 2 heterocycles. The molecule has 1 unspecified atom stereocenters. The van der Waals surface area contributed by atoms with E-state index in [1.165, 1.54) is 9.47 Å². The van der Waals surface area contributed by atoms with E-state index in [0.717, 1.165) is 12.3 Å². The van der Waals surface area contributed by atoms with Gasteiger partial charge in [-0.3, -0.25) is 9.59 Å². The molecule has 1 saturated heterocycles. The van der Waals surface area contributed by atoms with Gasteiger partial charge in [0.25, 0.3) is 0 Å². The molecule has 1 aliphatic rings. The molecule has 1 aromatic heterocycles. The van der Waals surface area contributed by atoms with Gasteiger partial charge in [0.05, 0.1) is 23.6 Å². The summed E-state index contributed by atoms with van der Waals surface area (Å²) in [7, 11) is 0. The Morgan fingerprint density at radius 2 is 2.21 bits per heavy atom. The molecule has 1 fully saturated rings. The van der Waals surface area contributed by atoms with Gasteiger partial charge in [-0.2, -0.15) is 0 Å². The van der Waals surface area contributed by atoms with Crippen LogP contribution in [0.4, 0.5) is 14.5 Å². The van der Waals surface area contributed by atoms with Gasteiger partial charge in [0.1, 0.15) is 17.1 Å². The van der Waals surface area contributed by atoms with E-state index in [9.17, 15) is 23.9 Å². The number of hydrogen-bond acceptors (Lipinski definition) is 5. The van der Waals surface area contributed by atoms with Crippen LogP contribution in [0.25, 0.3) is 10.9 Å². The first-order chi connectivity index (χ1) is 13.9. The summed E-state index contributed by atoms with van der Waals surface area (Å²) in [5.41, 5.74) is -1.88. The first-order valence-electron chi connectivity index (χ1n) is 9.21. The molecule has 8 nitrogen and oxygen atoms in total. The number of ether oxygens (including phenoxy) is 1. The number of halogens is 2. The van der Waals surface area contributed by atoms with E-state index in [2.05, 4.69) is 5.32 Å². The molecular formula is C19H21F2N3O5. The van der Waals surface area contributed by atoms with Crippen LogP contribution in [-0.4, -0.2) is 54.4 Å². The lowest BCUT2D eigenvalue weighted by Gasteiger charge is -2.35. The number of rotatable bonds is 7. The Balaban J connectivity index is 2.07. The zero-order valence-electron chi connectivity index (χ0n) is 15.8. The van der Waals surface area contributed by atoms with Crippen LogP contribution in [0, 0.1) is 11.6 Å². The molecule has 1 atom stereocenters. The number of benzene rings is 1. The molecule has 0 saturated carbocycles. The van der Waals surface area contributed by atoms with Crippen molar-refractivity contribution in [1.29, 1.82) is 0 Å². The van der Waals surface area contributed by atoms with Gasteiger partial charge < -0.3 is 24.6 Å². The highest BCUT2D eigenvalue weighted by Gasteiger charge is 2.28. The summed E-state index contributed by atoms with van der Waals surface area (Å²) in [4.78, 5) is 35.6. The molecule has 1 aromatic carbocycles. The molecular weight excluding hydrogens is 388 g/mol. The third kappa shape index (κ3) is 3.93. The van der Waals surface area contributed by atoms with Crippen molar-refractivity contribution in [3.8, 4) is 0 Å². The normalized spacial score (nSPS) is 16.8. The number of fused-ring (bicyclic) bond motifs is 1. The summed E-state index contributed by atoms with van der Waals surface area (Å²) >= 11 is 0. The second-order valence-electron chi connectivity index (χ2n) is 6.68. The van der Waals surface area contributed by atoms with Gasteiger partial charge in [-0.25, -0.2) is 13.6 Å². The van der Waals surface area contributed by atoms with Crippen molar-refractivity contribution in [3.05, 3.63) is 39.7 Å². The average molecular weight is 409 g/mol. The van der Waals surface area contributed by atoms with E-state index >= 15 is 4.39 Å². The Kier molecular flexibility index (Phi) is 6.12. The number of carboxylic acids is 1. The molecule has 0 aliphatic carbocycles. The van der Waals surface area contributed by atoms with Crippen molar-refractivity contribution in [2.24, 2.45) is 0 Å². The Bertz CT molecular complexity index is 1010. The van der Waals surface area contributed by atoms with Crippen LogP contribution < -0.4 is 15.6 Å². The molecule has 29 heavy (non-hydrogen) atoms. The van der Waals surface area contributed by atoms with Crippen LogP contribution in [0.1, 0.15) is 23.7 Å². The average Bonchev–Trinajstić information content (AvgIpc) is 2.69. The minimum Gasteiger partial charge on any atom is -0.477 e. The molecule has 2 aromatic rings. The number of nitrogens with one attached hydrogen (secondary N) is 1. The second-order valence-corrected chi connectivity index (χ2v) is 6.68. The summed E-state index contributed by atoms with van der Waals surface area (Å²) in [6, 6.07) is 0.896. The van der Waals surface area contributed by atoms with Gasteiger partial charge in [0, 0.05) is 32.4 Å². The number of aryl methyl sites for hydroxylation is 1. The van der Waals surface area contributed by atoms with Crippen LogP contribution in [0.15, 0.2) is 17.1 Å². The van der Waals surface area contributed by atoms with E-state index in [-0.39, 0.29) is 48.9 Å². The number of carbonyl (C=O) groups is 2. The van der Waals surface area contributed by atoms with E-state index in [1.54, 1.807) is 6.92 Å². The Morgan fingerprint density at radius 3 is 2.86 bits per heavy atom. The van der Waals surface area contributed by atoms with Crippen molar-refractivity contribution < 1.29 is 28.2 Å². The summed E-state index contributed by atoms with van der Waals surface area (Å²) in [5.74, 6) is -3.31. The highest BCUT2D eigenvalue weighted by atomic mass is 19.1. The number of carbonyl (C=O) groups excluding carboxylic acids is 1. The smallest absolute Gasteiger partial charge is 0.341 e. The zero-order valence-corrected chi connectivity index (χ0v) is 15.8. The first kappa shape index (κ1) is 20.7. The van der Waals surface area contributed by atoms with Gasteiger partial charge in [0.2, 0.25) is 11.8 Å². The quantitative estimate of drug-likeness (QED) is 0.529. The van der Waals surface area contributed by atoms with Crippen LogP contribution >= 0.6 is 0 Å². The Labute approximate surface area is 164 Å². The minimum atomic E-state index is -1.45. The highest BCUT2D eigenvalue weighted by Crippen LogP contribution is 2.31. The minimum absolute atomic E-state index is 0.135. The number of aromatic carboxylic acids is 1. The molecule has 1 aliphatic heterocycles. The van der Waals surface area contributed by atoms with Crippen LogP contribution in [0.5, 0.6) is 0 Å². The number of nitrogens with zero attached hydrogens (tertiary/aromatic N) is 2. The number of carboxylic acid groups (broad SMARTS) is 1. The number of morpholine rings is 1. The van der Waals surface area contributed by atoms with Crippen LogP contribution in [0.2, 0.25) is 0 Å². The number of anilines is 1. The van der Waals surface area contributed by atoms with E-state index < -0.39 is 28.6 Å². The molecule has 0 spiro atoms. The molecule has 0 bridgehead atoms. The zero-order chi connectivity index (χ0) is 21.1. The lowest BCUT2D eigenvalue weighted by molar-refractivity contribution is -0.109. The third-order valence-electron chi connectivity index (χ3n) is 4.95. The summed E-state index contributed by atoms with van der Waals surface area (Å²) in [6.45, 7) is 2.95. The molecule has 3 rings (SSSR count). The maximum atomic E-state index is 15.4. The lowest BCUT2D eigenvalue weighted by Crippen LogP contribution is -2.44. The molecule has 1 amide bonds. The predicted molar refractivity (Wildman–Crippen MR) is 101 cm³/mol. The Hall–Kier alpha value is -3.01. The standard InChI is InChI=1S/C19H21F2N3O5/c1-2-23-9-13(19(27)28)18(26)12-7-14(20)17(15(21)16(12)23)24-5-6-29-11(8-24)3-4-22-10-25/h7,9-11H,2-6,8H2,1H3,(H,22,25)(H,27,28). The van der Waals surface area contributed by atoms with Gasteiger partial charge in [-0.1, -0.05) is 0 Å². The van der Waals surface area contributed by atoms with Crippen LogP contribution in [-0.2, 0) is 16.1 Å². The van der Waals surface area contributed by atoms with Crippen molar-refractivity contribution in [2.45, 2.75) is 26.0 Å². The predicted octanol–water partition coefficient (Wildman–Crippen LogP) is 1.34. The van der Waals surface area contributed by atoms with Gasteiger partial charge in [-0.05, 0) is 19.4 Å². The second kappa shape index (κ2) is 8.56. The fraction of sp³-hybridized carbons (Fsp3) is 0.421. The fourth-order valence-corrected chi connectivity index (χ4v) is 3.57. The Morgan fingerprint density at radius 1 is 1.45 bits per heavy atom. The molecule has 2 N–H and O–H groups in total. The van der Waals surface area contributed by atoms with Gasteiger partial charge in [0.15, 0.2) is 5.82 Å². The molecule has 0 radical (unpaired) electrons. The van der Waals surface area contributed by atoms with Crippen molar-refractivity contribution in [2.75, 3.05) is 31.1 Å². The van der Waals surface area contributed by atoms with Crippen LogP contribution in [0.3, 0.4) is 0 Å². The first-order valence-corrected chi connectivity index (χ1v) is 9.21. The van der Waals surface area contributed by atoms with E-state index in [1.807, 2.05) is 0 Å². The van der Waals surface area contributed by atoms with E-state index in [0.29, 0.717) is 19.4 Å². The molecule has 156 valence electrons. The fourth-order valence-electron chi connectivity index (χ4n) is 3.57. The van der Waals surface area contributed by atoms with Crippen molar-refractivity contribution >= 4 is 29.0 Å². The topological polar surface area (TPSA) is 101 Å². The summed E-state index contributed by atoms with van der Waals surface area (Å²) in [5, 5.41) is 11.4. The van der Waals surface area contributed by atoms with Crippen molar-refractivity contribution in [3.63, 3.8) is 0 Å². The number of hydrogen-bond donors (Lipinski definition) is 2. The van der Waals surface area contributed by atoms with Crippen molar-refractivity contribution in [1.82, 2.24) is 9.88 Å². The number of aromatic nitrogens is 1.